The van der Waals surface area contributed by atoms with Crippen molar-refractivity contribution in [2.75, 3.05) is 5.32 Å². The quantitative estimate of drug-likeness (QED) is 0.158. The average Bonchev–Trinajstić information content (AvgIpc) is 3.00. The van der Waals surface area contributed by atoms with Gasteiger partial charge in [-0.1, -0.05) is 87.2 Å². The van der Waals surface area contributed by atoms with E-state index in [1.165, 1.54) is 16.7 Å². The predicted octanol–water partition coefficient (Wildman–Crippen LogP) is 10.0. The average molecular weight is 592 g/mol. The van der Waals surface area contributed by atoms with E-state index in [1.54, 1.807) is 12.2 Å². The number of hydrogen-bond donors (Lipinski definition) is 2. The maximum Gasteiger partial charge on any atom is 0.207 e. The van der Waals surface area contributed by atoms with Crippen molar-refractivity contribution < 1.29 is 9.41 Å². The number of allylic oxidation sites excluding steroid dienone is 9. The van der Waals surface area contributed by atoms with Gasteiger partial charge in [0.1, 0.15) is 11.3 Å². The number of fused-ring (bicyclic) bond motifs is 2. The summed E-state index contributed by atoms with van der Waals surface area (Å²) in [6.07, 6.45) is 9.43. The molecule has 0 amide bonds. The lowest BCUT2D eigenvalue weighted by atomic mass is 9.92. The second kappa shape index (κ2) is 15.2. The smallest absolute Gasteiger partial charge is 0.207 e. The molecule has 0 aromatic heterocycles. The monoisotopic (exact) mass is 591 g/mol. The fourth-order valence-electron chi connectivity index (χ4n) is 5.07. The minimum absolute atomic E-state index is 0.649. The van der Waals surface area contributed by atoms with Crippen LogP contribution in [0.5, 0.6) is 0 Å². The minimum Gasteiger partial charge on any atom is -0.456 e. The number of rotatable bonds is 8. The van der Waals surface area contributed by atoms with Gasteiger partial charge in [-0.25, -0.2) is 4.99 Å². The Morgan fingerprint density at radius 2 is 1.58 bits per heavy atom. The molecule has 43 heavy (non-hydrogen) atoms. The molecule has 222 valence electrons. The zero-order valence-corrected chi connectivity index (χ0v) is 27.5. The Morgan fingerprint density at radius 3 is 2.19 bits per heavy atom. The Hall–Kier alpha value is -4.34. The van der Waals surface area contributed by atoms with Gasteiger partial charge in [0.25, 0.3) is 0 Å². The van der Waals surface area contributed by atoms with Gasteiger partial charge in [-0.15, -0.1) is 0 Å². The highest BCUT2D eigenvalue weighted by Crippen LogP contribution is 2.41. The third-order valence-corrected chi connectivity index (χ3v) is 7.49. The SMILES string of the molecule is C=C/C=C(/C)C([NH+]=c1ccc2c(C(=C/C=C)/C(Cl)=C\C)c3ccc(Nc4c(C)cccc4C)cc3oc-2c1)=C(C)C.CC. The van der Waals surface area contributed by atoms with Gasteiger partial charge in [0.15, 0.2) is 0 Å². The number of aryl methyl sites for hydroxylation is 2. The van der Waals surface area contributed by atoms with Crippen LogP contribution < -0.4 is 15.7 Å². The molecule has 2 N–H and O–H groups in total. The molecule has 0 saturated heterocycles. The molecular formula is C39H44ClN2O+. The van der Waals surface area contributed by atoms with Crippen LogP contribution in [0.3, 0.4) is 0 Å². The summed E-state index contributed by atoms with van der Waals surface area (Å²) in [5, 5.41) is 6.14. The van der Waals surface area contributed by atoms with E-state index in [0.717, 1.165) is 61.4 Å². The van der Waals surface area contributed by atoms with Crippen LogP contribution in [-0.2, 0) is 0 Å². The first-order chi connectivity index (χ1) is 20.7. The lowest BCUT2D eigenvalue weighted by molar-refractivity contribution is -0.440. The number of anilines is 2. The van der Waals surface area contributed by atoms with Crippen molar-refractivity contribution in [2.45, 2.75) is 55.4 Å². The number of nitrogens with one attached hydrogen (secondary N) is 2. The normalized spacial score (nSPS) is 12.6. The molecule has 2 aromatic carbocycles. The largest absolute Gasteiger partial charge is 0.456 e. The molecule has 1 aliphatic heterocycles. The molecule has 1 aliphatic carbocycles. The predicted molar refractivity (Wildman–Crippen MR) is 188 cm³/mol. The van der Waals surface area contributed by atoms with Crippen molar-refractivity contribution in [1.29, 1.82) is 0 Å². The first-order valence-electron chi connectivity index (χ1n) is 14.7. The second-order valence-electron chi connectivity index (χ2n) is 10.3. The van der Waals surface area contributed by atoms with Crippen LogP contribution in [0.1, 0.15) is 58.2 Å². The molecule has 4 rings (SSSR count). The Bertz CT molecular complexity index is 1790. The fraction of sp³-hybridized carbons (Fsp3) is 0.205. The summed E-state index contributed by atoms with van der Waals surface area (Å²) < 4.78 is 6.62. The van der Waals surface area contributed by atoms with Gasteiger partial charge in [0.2, 0.25) is 11.1 Å². The molecule has 2 aromatic rings. The summed E-state index contributed by atoms with van der Waals surface area (Å²) in [7, 11) is 0. The van der Waals surface area contributed by atoms with Gasteiger partial charge in [-0.2, -0.15) is 0 Å². The van der Waals surface area contributed by atoms with E-state index < -0.39 is 0 Å². The van der Waals surface area contributed by atoms with E-state index in [1.807, 2.05) is 45.1 Å². The van der Waals surface area contributed by atoms with Crippen LogP contribution in [0, 0.1) is 13.8 Å². The zero-order chi connectivity index (χ0) is 31.7. The summed E-state index contributed by atoms with van der Waals surface area (Å²) in [5.41, 5.74) is 11.3. The van der Waals surface area contributed by atoms with Crippen molar-refractivity contribution in [3.63, 3.8) is 0 Å². The molecule has 2 aliphatic rings. The highest BCUT2D eigenvalue weighted by Gasteiger charge is 2.21. The minimum atomic E-state index is 0.649. The van der Waals surface area contributed by atoms with Gasteiger partial charge in [0.05, 0.1) is 6.07 Å². The molecule has 0 spiro atoms. The topological polar surface area (TPSA) is 39.1 Å². The summed E-state index contributed by atoms with van der Waals surface area (Å²) in [6.45, 7) is 24.2. The maximum atomic E-state index is 6.79. The first-order valence-corrected chi connectivity index (χ1v) is 15.1. The van der Waals surface area contributed by atoms with Crippen LogP contribution in [0.4, 0.5) is 11.4 Å². The van der Waals surface area contributed by atoms with E-state index >= 15 is 0 Å². The third kappa shape index (κ3) is 7.55. The van der Waals surface area contributed by atoms with E-state index in [-0.39, 0.29) is 0 Å². The van der Waals surface area contributed by atoms with E-state index in [2.05, 4.69) is 107 Å². The van der Waals surface area contributed by atoms with Crippen molar-refractivity contribution in [3.8, 4) is 11.3 Å². The molecule has 0 bridgehead atoms. The van der Waals surface area contributed by atoms with Crippen LogP contribution in [0.15, 0.2) is 124 Å². The number of halogens is 1. The van der Waals surface area contributed by atoms with Crippen LogP contribution in [0.2, 0.25) is 0 Å². The molecular weight excluding hydrogens is 548 g/mol. The molecule has 0 fully saturated rings. The van der Waals surface area contributed by atoms with E-state index in [9.17, 15) is 0 Å². The number of benzene rings is 3. The van der Waals surface area contributed by atoms with Gasteiger partial charge >= 0.3 is 0 Å². The molecule has 0 radical (unpaired) electrons. The lowest BCUT2D eigenvalue weighted by Crippen LogP contribution is -2.75. The van der Waals surface area contributed by atoms with Crippen molar-refractivity contribution >= 4 is 39.5 Å². The molecule has 0 saturated carbocycles. The second-order valence-corrected chi connectivity index (χ2v) is 10.7. The summed E-state index contributed by atoms with van der Waals surface area (Å²) >= 11 is 6.79. The Labute approximate surface area is 262 Å². The highest BCUT2D eigenvalue weighted by molar-refractivity contribution is 6.37. The Balaban J connectivity index is 0.00000248. The zero-order valence-electron chi connectivity index (χ0n) is 26.8. The lowest BCUT2D eigenvalue weighted by Gasteiger charge is -2.18. The van der Waals surface area contributed by atoms with Gasteiger partial charge in [0, 0.05) is 56.2 Å². The molecule has 1 heterocycles. The van der Waals surface area contributed by atoms with Gasteiger partial charge in [-0.3, -0.25) is 0 Å². The van der Waals surface area contributed by atoms with E-state index in [0.29, 0.717) is 5.03 Å². The fourth-order valence-corrected chi connectivity index (χ4v) is 5.23. The number of hydrogen-bond acceptors (Lipinski definition) is 2. The standard InChI is InChI=1S/C37H37ClN2O.C2H6/c1-9-13-24(6)36(23(4)5)39-27-17-19-30-33(21-27)41-34-22-28(40-37-25(7)15-12-16-26(37)8)18-20-31(34)35(30)29(14-10-2)32(38)11-3;1-2/h9-22,40H,1-2H2,3-8H3;1-2H3/p+1/b24-13-,29-14+,32-11+,39-27?;. The van der Waals surface area contributed by atoms with Gasteiger partial charge in [-0.05, 0) is 76.4 Å². The van der Waals surface area contributed by atoms with E-state index in [4.69, 9.17) is 16.0 Å². The summed E-state index contributed by atoms with van der Waals surface area (Å²) in [5.74, 6) is 0.746. The van der Waals surface area contributed by atoms with Crippen molar-refractivity contribution in [2.24, 2.45) is 0 Å². The molecule has 0 atom stereocenters. The maximum absolute atomic E-state index is 6.79. The summed E-state index contributed by atoms with van der Waals surface area (Å²) in [4.78, 5) is 3.59. The summed E-state index contributed by atoms with van der Waals surface area (Å²) in [6, 6.07) is 18.7. The Kier molecular flexibility index (Phi) is 11.7. The van der Waals surface area contributed by atoms with Crippen molar-refractivity contribution in [1.82, 2.24) is 0 Å². The first kappa shape index (κ1) is 33.2. The Morgan fingerprint density at radius 1 is 0.907 bits per heavy atom. The van der Waals surface area contributed by atoms with Crippen LogP contribution >= 0.6 is 11.6 Å². The molecule has 3 nitrogen and oxygen atoms in total. The van der Waals surface area contributed by atoms with Crippen LogP contribution in [0.25, 0.3) is 27.9 Å². The third-order valence-electron chi connectivity index (χ3n) is 7.07. The molecule has 0 unspecified atom stereocenters. The van der Waals surface area contributed by atoms with Gasteiger partial charge < -0.3 is 9.73 Å². The van der Waals surface area contributed by atoms with Crippen molar-refractivity contribution in [3.05, 3.63) is 142 Å². The van der Waals surface area contributed by atoms with Crippen LogP contribution in [-0.4, -0.2) is 0 Å². The highest BCUT2D eigenvalue weighted by atomic mass is 35.5. The molecule has 4 heteroatoms. The number of para-hydroxylation sites is 1.